The van der Waals surface area contributed by atoms with Gasteiger partial charge in [-0.05, 0) is 13.3 Å². The molecule has 1 unspecified atom stereocenters. The van der Waals surface area contributed by atoms with E-state index < -0.39 is 0 Å². The van der Waals surface area contributed by atoms with Crippen molar-refractivity contribution in [3.63, 3.8) is 0 Å². The zero-order valence-corrected chi connectivity index (χ0v) is 13.0. The summed E-state index contributed by atoms with van der Waals surface area (Å²) in [6, 6.07) is 0.329. The highest BCUT2D eigenvalue weighted by Gasteiger charge is 2.25. The average Bonchev–Trinajstić information content (AvgIpc) is 2.95. The molecule has 20 heavy (non-hydrogen) atoms. The highest BCUT2D eigenvalue weighted by atomic mass is 32.1. The Morgan fingerprint density at radius 2 is 2.25 bits per heavy atom. The lowest BCUT2D eigenvalue weighted by molar-refractivity contribution is 0.0519. The van der Waals surface area contributed by atoms with E-state index in [2.05, 4.69) is 22.1 Å². The van der Waals surface area contributed by atoms with Gasteiger partial charge in [-0.3, -0.25) is 4.90 Å². The van der Waals surface area contributed by atoms with Gasteiger partial charge in [-0.2, -0.15) is 0 Å². The van der Waals surface area contributed by atoms with Gasteiger partial charge in [-0.1, -0.05) is 13.3 Å². The van der Waals surface area contributed by atoms with Crippen LogP contribution in [0.1, 0.15) is 48.2 Å². The fourth-order valence-corrected chi connectivity index (χ4v) is 3.43. The molecule has 0 saturated carbocycles. The van der Waals surface area contributed by atoms with Gasteiger partial charge < -0.3 is 10.1 Å². The maximum atomic E-state index is 11.7. The van der Waals surface area contributed by atoms with Gasteiger partial charge in [0.25, 0.3) is 0 Å². The molecule has 0 radical (unpaired) electrons. The van der Waals surface area contributed by atoms with E-state index in [9.17, 15) is 4.79 Å². The summed E-state index contributed by atoms with van der Waals surface area (Å²) in [5, 5.41) is 6.23. The molecule has 1 aliphatic rings. The lowest BCUT2D eigenvalue weighted by atomic mass is 10.1. The van der Waals surface area contributed by atoms with Crippen LogP contribution >= 0.6 is 11.3 Å². The van der Waals surface area contributed by atoms with E-state index in [0.29, 0.717) is 18.3 Å². The summed E-state index contributed by atoms with van der Waals surface area (Å²) in [7, 11) is 0. The number of rotatable bonds is 6. The molecule has 0 amide bonds. The fourth-order valence-electron chi connectivity index (χ4n) is 2.47. The van der Waals surface area contributed by atoms with Crippen LogP contribution in [0.25, 0.3) is 0 Å². The molecule has 5 nitrogen and oxygen atoms in total. The van der Waals surface area contributed by atoms with Crippen LogP contribution in [-0.4, -0.2) is 48.6 Å². The Hall–Kier alpha value is -0.980. The van der Waals surface area contributed by atoms with Crippen LogP contribution in [0.2, 0.25) is 0 Å². The van der Waals surface area contributed by atoms with Crippen LogP contribution in [-0.2, 0) is 4.74 Å². The number of aromatic nitrogens is 1. The van der Waals surface area contributed by atoms with Crippen molar-refractivity contribution in [3.8, 4) is 0 Å². The molecule has 2 heterocycles. The van der Waals surface area contributed by atoms with Crippen molar-refractivity contribution in [3.05, 3.63) is 16.1 Å². The molecular weight excluding hydrogens is 274 g/mol. The minimum absolute atomic E-state index is 0.314. The fraction of sp³-hybridized carbons (Fsp3) is 0.714. The van der Waals surface area contributed by atoms with Crippen molar-refractivity contribution in [1.29, 1.82) is 0 Å². The Morgan fingerprint density at radius 1 is 1.50 bits per heavy atom. The highest BCUT2D eigenvalue weighted by molar-refractivity contribution is 7.09. The topological polar surface area (TPSA) is 54.5 Å². The predicted molar refractivity (Wildman–Crippen MR) is 80.2 cm³/mol. The molecule has 1 aliphatic heterocycles. The van der Waals surface area contributed by atoms with E-state index >= 15 is 0 Å². The Kier molecular flexibility index (Phi) is 5.94. The Morgan fingerprint density at radius 3 is 2.90 bits per heavy atom. The maximum Gasteiger partial charge on any atom is 0.357 e. The third-order valence-electron chi connectivity index (χ3n) is 3.45. The van der Waals surface area contributed by atoms with Crippen molar-refractivity contribution < 1.29 is 9.53 Å². The first kappa shape index (κ1) is 15.4. The SMILES string of the molecule is CCCC(c1nc(C(=O)OCC)cs1)N1CCNCC1. The van der Waals surface area contributed by atoms with Crippen LogP contribution in [0, 0.1) is 0 Å². The normalized spacial score (nSPS) is 17.9. The molecule has 112 valence electrons. The van der Waals surface area contributed by atoms with E-state index in [-0.39, 0.29) is 5.97 Å². The summed E-state index contributed by atoms with van der Waals surface area (Å²) in [5.41, 5.74) is 0.447. The summed E-state index contributed by atoms with van der Waals surface area (Å²) in [6.07, 6.45) is 2.19. The summed E-state index contributed by atoms with van der Waals surface area (Å²) >= 11 is 1.57. The zero-order chi connectivity index (χ0) is 14.4. The van der Waals surface area contributed by atoms with Crippen molar-refractivity contribution in [2.75, 3.05) is 32.8 Å². The predicted octanol–water partition coefficient (Wildman–Crippen LogP) is 2.07. The van der Waals surface area contributed by atoms with Crippen LogP contribution < -0.4 is 5.32 Å². The molecule has 1 atom stereocenters. The highest BCUT2D eigenvalue weighted by Crippen LogP contribution is 2.28. The maximum absolute atomic E-state index is 11.7. The quantitative estimate of drug-likeness (QED) is 0.815. The Bertz CT molecular complexity index is 430. The molecular formula is C14H23N3O2S. The van der Waals surface area contributed by atoms with Crippen molar-refractivity contribution in [1.82, 2.24) is 15.2 Å². The monoisotopic (exact) mass is 297 g/mol. The first-order valence-corrected chi connectivity index (χ1v) is 8.21. The van der Waals surface area contributed by atoms with Gasteiger partial charge in [0.15, 0.2) is 5.69 Å². The third kappa shape index (κ3) is 3.77. The van der Waals surface area contributed by atoms with Gasteiger partial charge >= 0.3 is 5.97 Å². The number of piperazine rings is 1. The van der Waals surface area contributed by atoms with Gasteiger partial charge in [-0.15, -0.1) is 11.3 Å². The molecule has 0 spiro atoms. The summed E-state index contributed by atoms with van der Waals surface area (Å²) in [4.78, 5) is 18.7. The van der Waals surface area contributed by atoms with E-state index in [1.54, 1.807) is 11.3 Å². The number of hydrogen-bond acceptors (Lipinski definition) is 6. The van der Waals surface area contributed by atoms with Crippen LogP contribution in [0.5, 0.6) is 0 Å². The minimum Gasteiger partial charge on any atom is -0.461 e. The lowest BCUT2D eigenvalue weighted by Gasteiger charge is -2.33. The summed E-state index contributed by atoms with van der Waals surface area (Å²) in [5.74, 6) is -0.314. The standard InChI is InChI=1S/C14H23N3O2S/c1-3-5-12(17-8-6-15-7-9-17)13-16-11(10-20-13)14(18)19-4-2/h10,12,15H,3-9H2,1-2H3. The molecule has 0 bridgehead atoms. The summed E-state index contributed by atoms with van der Waals surface area (Å²) in [6.45, 7) is 8.52. The number of ether oxygens (including phenoxy) is 1. The smallest absolute Gasteiger partial charge is 0.357 e. The summed E-state index contributed by atoms with van der Waals surface area (Å²) < 4.78 is 5.01. The second-order valence-corrected chi connectivity index (χ2v) is 5.77. The van der Waals surface area contributed by atoms with Gasteiger partial charge in [0, 0.05) is 31.6 Å². The average molecular weight is 297 g/mol. The van der Waals surface area contributed by atoms with Crippen molar-refractivity contribution >= 4 is 17.3 Å². The van der Waals surface area contributed by atoms with E-state index in [0.717, 1.165) is 44.0 Å². The third-order valence-corrected chi connectivity index (χ3v) is 4.39. The molecule has 6 heteroatoms. The molecule has 1 saturated heterocycles. The lowest BCUT2D eigenvalue weighted by Crippen LogP contribution is -2.45. The second-order valence-electron chi connectivity index (χ2n) is 4.88. The largest absolute Gasteiger partial charge is 0.461 e. The van der Waals surface area contributed by atoms with Gasteiger partial charge in [-0.25, -0.2) is 9.78 Å². The number of carbonyl (C=O) groups excluding carboxylic acids is 1. The molecule has 0 aromatic carbocycles. The molecule has 0 aliphatic carbocycles. The molecule has 2 rings (SSSR count). The van der Waals surface area contributed by atoms with Gasteiger partial charge in [0.2, 0.25) is 0 Å². The van der Waals surface area contributed by atoms with E-state index in [1.807, 2.05) is 12.3 Å². The van der Waals surface area contributed by atoms with Crippen molar-refractivity contribution in [2.45, 2.75) is 32.7 Å². The minimum atomic E-state index is -0.314. The van der Waals surface area contributed by atoms with Crippen LogP contribution in [0.15, 0.2) is 5.38 Å². The first-order chi connectivity index (χ1) is 9.76. The zero-order valence-electron chi connectivity index (χ0n) is 12.2. The van der Waals surface area contributed by atoms with Crippen LogP contribution in [0.3, 0.4) is 0 Å². The van der Waals surface area contributed by atoms with E-state index in [4.69, 9.17) is 4.74 Å². The molecule has 1 N–H and O–H groups in total. The van der Waals surface area contributed by atoms with Crippen LogP contribution in [0.4, 0.5) is 0 Å². The number of nitrogens with one attached hydrogen (secondary N) is 1. The number of hydrogen-bond donors (Lipinski definition) is 1. The molecule has 1 aromatic heterocycles. The number of carbonyl (C=O) groups is 1. The second kappa shape index (κ2) is 7.71. The Balaban J connectivity index is 2.10. The first-order valence-electron chi connectivity index (χ1n) is 7.33. The van der Waals surface area contributed by atoms with Gasteiger partial charge in [0.05, 0.1) is 12.6 Å². The molecule has 1 fully saturated rings. The number of esters is 1. The van der Waals surface area contributed by atoms with E-state index in [1.165, 1.54) is 0 Å². The number of thiazole rings is 1. The Labute approximate surface area is 124 Å². The van der Waals surface area contributed by atoms with Crippen molar-refractivity contribution in [2.24, 2.45) is 0 Å². The number of nitrogens with zero attached hydrogens (tertiary/aromatic N) is 2. The molecule has 1 aromatic rings. The van der Waals surface area contributed by atoms with Gasteiger partial charge in [0.1, 0.15) is 5.01 Å².